The van der Waals surface area contributed by atoms with Crippen LogP contribution in [0.25, 0.3) is 0 Å². The Kier molecular flexibility index (Phi) is 6.36. The van der Waals surface area contributed by atoms with Gasteiger partial charge in [-0.2, -0.15) is 0 Å². The monoisotopic (exact) mass is 326 g/mol. The number of halogens is 1. The minimum atomic E-state index is 0.381. The highest BCUT2D eigenvalue weighted by molar-refractivity contribution is 7.98. The summed E-state index contributed by atoms with van der Waals surface area (Å²) in [6.07, 6.45) is 3.14. The number of rotatable bonds is 7. The molecule has 1 atom stereocenters. The second kappa shape index (κ2) is 8.03. The highest BCUT2D eigenvalue weighted by Gasteiger charge is 2.09. The van der Waals surface area contributed by atoms with Crippen molar-refractivity contribution >= 4 is 34.7 Å². The molecule has 1 aromatic heterocycles. The maximum Gasteiger partial charge on any atom is 0.103 e. The van der Waals surface area contributed by atoms with Gasteiger partial charge in [0.05, 0.1) is 10.8 Å². The molecule has 1 unspecified atom stereocenters. The second-order valence-electron chi connectivity index (χ2n) is 4.55. The molecular formula is C15H19ClN2S2. The molecule has 0 radical (unpaired) electrons. The minimum Gasteiger partial charge on any atom is -0.309 e. The summed E-state index contributed by atoms with van der Waals surface area (Å²) in [7, 11) is 0. The van der Waals surface area contributed by atoms with Gasteiger partial charge in [0.1, 0.15) is 5.01 Å². The largest absolute Gasteiger partial charge is 0.309 e. The van der Waals surface area contributed by atoms with E-state index in [4.69, 9.17) is 11.6 Å². The van der Waals surface area contributed by atoms with Crippen molar-refractivity contribution in [1.29, 1.82) is 0 Å². The summed E-state index contributed by atoms with van der Waals surface area (Å²) >= 11 is 9.67. The van der Waals surface area contributed by atoms with Gasteiger partial charge in [-0.05, 0) is 32.0 Å². The van der Waals surface area contributed by atoms with Gasteiger partial charge in [-0.25, -0.2) is 4.98 Å². The third-order valence-electron chi connectivity index (χ3n) is 2.89. The normalized spacial score (nSPS) is 12.6. The average molecular weight is 327 g/mol. The highest BCUT2D eigenvalue weighted by atomic mass is 35.5. The molecule has 0 saturated carbocycles. The summed E-state index contributed by atoms with van der Waals surface area (Å²) in [5, 5.41) is 5.45. The van der Waals surface area contributed by atoms with E-state index in [1.54, 1.807) is 23.1 Å². The average Bonchev–Trinajstić information content (AvgIpc) is 2.93. The van der Waals surface area contributed by atoms with Crippen LogP contribution < -0.4 is 5.32 Å². The SMILES string of the molecule is CCCNC(C)c1cnc(CSc2ccccc2Cl)s1. The third kappa shape index (κ3) is 4.48. The Morgan fingerprint density at radius 1 is 1.40 bits per heavy atom. The van der Waals surface area contributed by atoms with Crippen LogP contribution in [0.2, 0.25) is 5.02 Å². The quantitative estimate of drug-likeness (QED) is 0.712. The van der Waals surface area contributed by atoms with Crippen LogP contribution in [-0.2, 0) is 5.75 Å². The molecule has 0 saturated heterocycles. The molecule has 2 rings (SSSR count). The number of nitrogens with zero attached hydrogens (tertiary/aromatic N) is 1. The van der Waals surface area contributed by atoms with Gasteiger partial charge in [-0.3, -0.25) is 0 Å². The second-order valence-corrected chi connectivity index (χ2v) is 7.12. The van der Waals surface area contributed by atoms with Crippen LogP contribution >= 0.6 is 34.7 Å². The lowest BCUT2D eigenvalue weighted by atomic mass is 10.3. The third-order valence-corrected chi connectivity index (χ3v) is 5.78. The summed E-state index contributed by atoms with van der Waals surface area (Å²) in [5.41, 5.74) is 0. The van der Waals surface area contributed by atoms with Gasteiger partial charge in [-0.1, -0.05) is 30.7 Å². The number of hydrogen-bond acceptors (Lipinski definition) is 4. The maximum atomic E-state index is 6.16. The summed E-state index contributed by atoms with van der Waals surface area (Å²) in [6.45, 7) is 5.41. The predicted octanol–water partition coefficient (Wildman–Crippen LogP) is 5.15. The molecule has 0 fully saturated rings. The fourth-order valence-corrected chi connectivity index (χ4v) is 3.94. The fourth-order valence-electron chi connectivity index (χ4n) is 1.75. The van der Waals surface area contributed by atoms with E-state index in [0.717, 1.165) is 33.6 Å². The van der Waals surface area contributed by atoms with Crippen LogP contribution in [-0.4, -0.2) is 11.5 Å². The molecule has 5 heteroatoms. The molecule has 1 heterocycles. The van der Waals surface area contributed by atoms with E-state index >= 15 is 0 Å². The van der Waals surface area contributed by atoms with E-state index in [-0.39, 0.29) is 0 Å². The predicted molar refractivity (Wildman–Crippen MR) is 89.8 cm³/mol. The molecule has 2 aromatic rings. The Labute approximate surface area is 134 Å². The molecule has 1 aromatic carbocycles. The van der Waals surface area contributed by atoms with Crippen LogP contribution in [0.15, 0.2) is 35.4 Å². The minimum absolute atomic E-state index is 0.381. The molecule has 20 heavy (non-hydrogen) atoms. The van der Waals surface area contributed by atoms with E-state index in [0.29, 0.717) is 6.04 Å². The van der Waals surface area contributed by atoms with Gasteiger partial charge < -0.3 is 5.32 Å². The van der Waals surface area contributed by atoms with Crippen molar-refractivity contribution < 1.29 is 0 Å². The topological polar surface area (TPSA) is 24.9 Å². The van der Waals surface area contributed by atoms with Crippen molar-refractivity contribution in [1.82, 2.24) is 10.3 Å². The van der Waals surface area contributed by atoms with Crippen LogP contribution in [0.4, 0.5) is 0 Å². The van der Waals surface area contributed by atoms with E-state index in [1.807, 2.05) is 30.5 Å². The Balaban J connectivity index is 1.91. The smallest absolute Gasteiger partial charge is 0.103 e. The van der Waals surface area contributed by atoms with Gasteiger partial charge in [-0.15, -0.1) is 23.1 Å². The Bertz CT molecular complexity index is 542. The van der Waals surface area contributed by atoms with Crippen LogP contribution in [0.1, 0.15) is 36.2 Å². The first-order valence-corrected chi connectivity index (χ1v) is 8.94. The summed E-state index contributed by atoms with van der Waals surface area (Å²) in [6, 6.07) is 8.32. The molecule has 2 nitrogen and oxygen atoms in total. The standard InChI is InChI=1S/C15H19ClN2S2/c1-3-8-17-11(2)14-9-18-15(20-14)10-19-13-7-5-4-6-12(13)16/h4-7,9,11,17H,3,8,10H2,1-2H3. The lowest BCUT2D eigenvalue weighted by Gasteiger charge is -2.09. The van der Waals surface area contributed by atoms with E-state index in [1.165, 1.54) is 4.88 Å². The Morgan fingerprint density at radius 3 is 2.95 bits per heavy atom. The molecule has 1 N–H and O–H groups in total. The Morgan fingerprint density at radius 2 is 2.20 bits per heavy atom. The maximum absolute atomic E-state index is 6.16. The van der Waals surface area contributed by atoms with Gasteiger partial charge in [0.2, 0.25) is 0 Å². The van der Waals surface area contributed by atoms with Crippen LogP contribution in [0.5, 0.6) is 0 Å². The molecule has 0 spiro atoms. The van der Waals surface area contributed by atoms with Gasteiger partial charge >= 0.3 is 0 Å². The lowest BCUT2D eigenvalue weighted by molar-refractivity contribution is 0.577. The number of hydrogen-bond donors (Lipinski definition) is 1. The molecule has 0 aliphatic rings. The molecular weight excluding hydrogens is 308 g/mol. The van der Waals surface area contributed by atoms with Crippen molar-refractivity contribution in [3.63, 3.8) is 0 Å². The number of thioether (sulfide) groups is 1. The van der Waals surface area contributed by atoms with E-state index in [2.05, 4.69) is 24.1 Å². The first-order valence-electron chi connectivity index (χ1n) is 6.76. The Hall–Kier alpha value is -0.550. The molecule has 0 bridgehead atoms. The van der Waals surface area contributed by atoms with Crippen LogP contribution in [0, 0.1) is 0 Å². The van der Waals surface area contributed by atoms with Gasteiger partial charge in [0.25, 0.3) is 0 Å². The van der Waals surface area contributed by atoms with Gasteiger partial charge in [0.15, 0.2) is 0 Å². The first-order chi connectivity index (χ1) is 9.70. The number of thiazole rings is 1. The molecule has 0 aliphatic heterocycles. The molecule has 108 valence electrons. The zero-order valence-corrected chi connectivity index (χ0v) is 14.1. The summed E-state index contributed by atoms with van der Waals surface area (Å²) < 4.78 is 0. The van der Waals surface area contributed by atoms with Crippen molar-refractivity contribution in [2.24, 2.45) is 0 Å². The van der Waals surface area contributed by atoms with Crippen molar-refractivity contribution in [3.05, 3.63) is 45.4 Å². The van der Waals surface area contributed by atoms with Crippen molar-refractivity contribution in [2.45, 2.75) is 37.0 Å². The molecule has 0 aliphatic carbocycles. The highest BCUT2D eigenvalue weighted by Crippen LogP contribution is 2.31. The fraction of sp³-hybridized carbons (Fsp3) is 0.400. The first kappa shape index (κ1) is 15.8. The number of nitrogens with one attached hydrogen (secondary N) is 1. The van der Waals surface area contributed by atoms with Gasteiger partial charge in [0, 0.05) is 22.0 Å². The van der Waals surface area contributed by atoms with E-state index in [9.17, 15) is 0 Å². The van der Waals surface area contributed by atoms with Crippen molar-refractivity contribution in [3.8, 4) is 0 Å². The summed E-state index contributed by atoms with van der Waals surface area (Å²) in [5.74, 6) is 0.870. The number of benzene rings is 1. The number of aromatic nitrogens is 1. The van der Waals surface area contributed by atoms with E-state index < -0.39 is 0 Å². The lowest BCUT2D eigenvalue weighted by Crippen LogP contribution is -2.18. The van der Waals surface area contributed by atoms with Crippen LogP contribution in [0.3, 0.4) is 0 Å². The zero-order chi connectivity index (χ0) is 14.4. The summed E-state index contributed by atoms with van der Waals surface area (Å²) in [4.78, 5) is 6.92. The zero-order valence-electron chi connectivity index (χ0n) is 11.7. The molecule has 0 amide bonds. The van der Waals surface area contributed by atoms with Crippen molar-refractivity contribution in [2.75, 3.05) is 6.54 Å².